The van der Waals surface area contributed by atoms with Crippen LogP contribution < -0.4 is 5.32 Å². The first kappa shape index (κ1) is 9.54. The number of nitrogens with one attached hydrogen (secondary N) is 1. The molecule has 2 aromatic heterocycles. The third-order valence-corrected chi connectivity index (χ3v) is 3.23. The van der Waals surface area contributed by atoms with Gasteiger partial charge in [-0.2, -0.15) is 5.10 Å². The number of hydrogen-bond acceptors (Lipinski definition) is 5. The highest BCUT2D eigenvalue weighted by Gasteiger charge is 2.05. The van der Waals surface area contributed by atoms with Gasteiger partial charge in [0.25, 0.3) is 0 Å². The van der Waals surface area contributed by atoms with E-state index >= 15 is 0 Å². The summed E-state index contributed by atoms with van der Waals surface area (Å²) in [7, 11) is 1.80. The molecule has 0 radical (unpaired) electrons. The maximum Gasteiger partial charge on any atom is 0.193 e. The van der Waals surface area contributed by atoms with Crippen molar-refractivity contribution in [3.63, 3.8) is 0 Å². The van der Waals surface area contributed by atoms with Crippen molar-refractivity contribution < 1.29 is 0 Å². The first-order chi connectivity index (χ1) is 6.79. The Morgan fingerprint density at radius 1 is 1.43 bits per heavy atom. The molecule has 6 heteroatoms. The molecule has 0 amide bonds. The van der Waals surface area contributed by atoms with Gasteiger partial charge in [-0.25, -0.2) is 4.98 Å². The molecule has 0 unspecified atom stereocenters. The lowest BCUT2D eigenvalue weighted by atomic mass is 10.4. The average Bonchev–Trinajstić information content (AvgIpc) is 2.65. The topological polar surface area (TPSA) is 50.7 Å². The molecule has 0 atom stereocenters. The predicted octanol–water partition coefficient (Wildman–Crippen LogP) is 2.40. The van der Waals surface area contributed by atoms with E-state index in [1.54, 1.807) is 24.6 Å². The minimum atomic E-state index is 0.646. The third-order valence-electron chi connectivity index (χ3n) is 1.61. The second-order valence-electron chi connectivity index (χ2n) is 2.52. The highest BCUT2D eigenvalue weighted by atomic mass is 79.9. The van der Waals surface area contributed by atoms with E-state index in [4.69, 9.17) is 0 Å². The number of thiophene rings is 1. The van der Waals surface area contributed by atoms with Crippen molar-refractivity contribution in [3.05, 3.63) is 22.1 Å². The van der Waals surface area contributed by atoms with Crippen LogP contribution in [-0.4, -0.2) is 22.2 Å². The molecule has 0 aliphatic heterocycles. The van der Waals surface area contributed by atoms with E-state index in [2.05, 4.69) is 36.4 Å². The summed E-state index contributed by atoms with van der Waals surface area (Å²) in [5, 5.41) is 10.7. The van der Waals surface area contributed by atoms with Gasteiger partial charge in [0.2, 0.25) is 0 Å². The van der Waals surface area contributed by atoms with Gasteiger partial charge in [0.05, 0.1) is 14.9 Å². The third kappa shape index (κ3) is 1.91. The summed E-state index contributed by atoms with van der Waals surface area (Å²) in [4.78, 5) is 5.28. The van der Waals surface area contributed by atoms with Crippen LogP contribution in [0.5, 0.6) is 0 Å². The lowest BCUT2D eigenvalue weighted by Gasteiger charge is -1.98. The van der Waals surface area contributed by atoms with E-state index in [0.29, 0.717) is 5.82 Å². The van der Waals surface area contributed by atoms with Crippen LogP contribution in [-0.2, 0) is 0 Å². The predicted molar refractivity (Wildman–Crippen MR) is 60.4 cm³/mol. The lowest BCUT2D eigenvalue weighted by molar-refractivity contribution is 0.985. The number of nitrogens with zero attached hydrogens (tertiary/aromatic N) is 3. The van der Waals surface area contributed by atoms with Gasteiger partial charge in [0.1, 0.15) is 5.82 Å². The van der Waals surface area contributed by atoms with Gasteiger partial charge in [-0.05, 0) is 28.1 Å². The minimum Gasteiger partial charge on any atom is -0.372 e. The van der Waals surface area contributed by atoms with Gasteiger partial charge >= 0.3 is 0 Å². The SMILES string of the molecule is CNc1cnnc(-c2ccc(Br)s2)n1. The summed E-state index contributed by atoms with van der Waals surface area (Å²) < 4.78 is 1.06. The zero-order chi connectivity index (χ0) is 9.97. The maximum absolute atomic E-state index is 4.28. The molecule has 0 aromatic carbocycles. The lowest BCUT2D eigenvalue weighted by Crippen LogP contribution is -1.97. The Hall–Kier alpha value is -1.01. The largest absolute Gasteiger partial charge is 0.372 e. The molecule has 2 aromatic rings. The molecule has 0 fully saturated rings. The molecule has 2 rings (SSSR count). The number of hydrogen-bond donors (Lipinski definition) is 1. The zero-order valence-corrected chi connectivity index (χ0v) is 9.76. The van der Waals surface area contributed by atoms with Gasteiger partial charge < -0.3 is 5.32 Å². The first-order valence-electron chi connectivity index (χ1n) is 3.93. The van der Waals surface area contributed by atoms with Crippen molar-refractivity contribution in [2.75, 3.05) is 12.4 Å². The van der Waals surface area contributed by atoms with Crippen LogP contribution >= 0.6 is 27.3 Å². The summed E-state index contributed by atoms with van der Waals surface area (Å²) in [6.07, 6.45) is 1.59. The second kappa shape index (κ2) is 4.02. The van der Waals surface area contributed by atoms with Crippen LogP contribution in [0.25, 0.3) is 10.7 Å². The summed E-state index contributed by atoms with van der Waals surface area (Å²) in [5.74, 6) is 1.37. The molecule has 4 nitrogen and oxygen atoms in total. The average molecular weight is 271 g/mol. The van der Waals surface area contributed by atoms with Gasteiger partial charge in [0, 0.05) is 7.05 Å². The molecule has 0 spiro atoms. The summed E-state index contributed by atoms with van der Waals surface area (Å²) in [6, 6.07) is 3.93. The molecule has 0 bridgehead atoms. The van der Waals surface area contributed by atoms with E-state index in [1.807, 2.05) is 12.1 Å². The fourth-order valence-electron chi connectivity index (χ4n) is 0.963. The van der Waals surface area contributed by atoms with Crippen molar-refractivity contribution in [2.45, 2.75) is 0 Å². The van der Waals surface area contributed by atoms with Crippen LogP contribution in [0, 0.1) is 0 Å². The van der Waals surface area contributed by atoms with Crippen molar-refractivity contribution in [1.29, 1.82) is 0 Å². The highest BCUT2D eigenvalue weighted by Crippen LogP contribution is 2.28. The molecule has 2 heterocycles. The Labute approximate surface area is 93.5 Å². The van der Waals surface area contributed by atoms with E-state index in [-0.39, 0.29) is 0 Å². The first-order valence-corrected chi connectivity index (χ1v) is 5.54. The monoisotopic (exact) mass is 270 g/mol. The van der Waals surface area contributed by atoms with Crippen LogP contribution in [0.15, 0.2) is 22.1 Å². The fourth-order valence-corrected chi connectivity index (χ4v) is 2.28. The van der Waals surface area contributed by atoms with Crippen molar-refractivity contribution >= 4 is 33.1 Å². The smallest absolute Gasteiger partial charge is 0.193 e. The fraction of sp³-hybridized carbons (Fsp3) is 0.125. The molecular weight excluding hydrogens is 264 g/mol. The highest BCUT2D eigenvalue weighted by molar-refractivity contribution is 9.11. The van der Waals surface area contributed by atoms with E-state index in [1.165, 1.54) is 0 Å². The minimum absolute atomic E-state index is 0.646. The zero-order valence-electron chi connectivity index (χ0n) is 7.36. The molecule has 72 valence electrons. The van der Waals surface area contributed by atoms with Gasteiger partial charge in [-0.1, -0.05) is 0 Å². The molecule has 1 N–H and O–H groups in total. The molecular formula is C8H7BrN4S. The van der Waals surface area contributed by atoms with E-state index in [0.717, 1.165) is 14.5 Å². The summed E-state index contributed by atoms with van der Waals surface area (Å²) >= 11 is 4.98. The van der Waals surface area contributed by atoms with Gasteiger partial charge in [-0.3, -0.25) is 0 Å². The van der Waals surface area contributed by atoms with Crippen LogP contribution in [0.1, 0.15) is 0 Å². The normalized spacial score (nSPS) is 10.1. The number of rotatable bonds is 2. The Bertz CT molecular complexity index is 442. The number of aromatic nitrogens is 3. The summed E-state index contributed by atoms with van der Waals surface area (Å²) in [5.41, 5.74) is 0. The second-order valence-corrected chi connectivity index (χ2v) is 4.98. The Morgan fingerprint density at radius 2 is 2.29 bits per heavy atom. The molecule has 14 heavy (non-hydrogen) atoms. The Morgan fingerprint density at radius 3 is 2.93 bits per heavy atom. The van der Waals surface area contributed by atoms with Crippen LogP contribution in [0.3, 0.4) is 0 Å². The molecule has 0 aliphatic rings. The van der Waals surface area contributed by atoms with Crippen molar-refractivity contribution in [2.24, 2.45) is 0 Å². The number of anilines is 1. The summed E-state index contributed by atoms with van der Waals surface area (Å²) in [6.45, 7) is 0. The molecule has 0 aliphatic carbocycles. The maximum atomic E-state index is 4.28. The van der Waals surface area contributed by atoms with E-state index in [9.17, 15) is 0 Å². The Balaban J connectivity index is 2.41. The standard InChI is InChI=1S/C8H7BrN4S/c1-10-7-4-11-13-8(12-7)5-2-3-6(9)14-5/h2-4H,1H3,(H,10,12,13). The van der Waals surface area contributed by atoms with E-state index < -0.39 is 0 Å². The molecule has 0 saturated heterocycles. The van der Waals surface area contributed by atoms with Crippen LogP contribution in [0.2, 0.25) is 0 Å². The van der Waals surface area contributed by atoms with Crippen LogP contribution in [0.4, 0.5) is 5.82 Å². The quantitative estimate of drug-likeness (QED) is 0.911. The Kier molecular flexibility index (Phi) is 2.74. The van der Waals surface area contributed by atoms with Gasteiger partial charge in [-0.15, -0.1) is 16.4 Å². The number of halogens is 1. The van der Waals surface area contributed by atoms with Crippen molar-refractivity contribution in [1.82, 2.24) is 15.2 Å². The molecule has 0 saturated carbocycles. The van der Waals surface area contributed by atoms with Crippen molar-refractivity contribution in [3.8, 4) is 10.7 Å². The van der Waals surface area contributed by atoms with Gasteiger partial charge in [0.15, 0.2) is 5.82 Å².